The van der Waals surface area contributed by atoms with E-state index in [4.69, 9.17) is 5.73 Å². The highest BCUT2D eigenvalue weighted by Gasteiger charge is 2.20. The van der Waals surface area contributed by atoms with Crippen molar-refractivity contribution < 1.29 is 4.92 Å². The Morgan fingerprint density at radius 3 is 3.11 bits per heavy atom. The zero-order valence-electron chi connectivity index (χ0n) is 10.4. The minimum absolute atomic E-state index is 0.0676. The third kappa shape index (κ3) is 2.24. The van der Waals surface area contributed by atoms with Crippen LogP contribution in [0.15, 0.2) is 18.2 Å². The van der Waals surface area contributed by atoms with Crippen molar-refractivity contribution in [3.63, 3.8) is 0 Å². The van der Waals surface area contributed by atoms with Crippen molar-refractivity contribution in [1.82, 2.24) is 9.97 Å². The molecule has 0 saturated carbocycles. The van der Waals surface area contributed by atoms with Crippen LogP contribution in [0, 0.1) is 10.1 Å². The molecular formula is C12H15N5O2. The van der Waals surface area contributed by atoms with Crippen LogP contribution >= 0.6 is 0 Å². The van der Waals surface area contributed by atoms with Crippen LogP contribution in [0.1, 0.15) is 12.8 Å². The van der Waals surface area contributed by atoms with Gasteiger partial charge in [-0.3, -0.25) is 10.1 Å². The summed E-state index contributed by atoms with van der Waals surface area (Å²) in [5.74, 6) is 0.741. The van der Waals surface area contributed by atoms with E-state index < -0.39 is 4.92 Å². The van der Waals surface area contributed by atoms with Gasteiger partial charge in [0.25, 0.3) is 5.69 Å². The van der Waals surface area contributed by atoms with Crippen molar-refractivity contribution in [2.45, 2.75) is 18.9 Å². The maximum Gasteiger partial charge on any atom is 0.271 e. The average Bonchev–Trinajstić information content (AvgIpc) is 2.81. The first kappa shape index (κ1) is 11.9. The standard InChI is InChI=1S/C12H15N5O2/c13-8-2-1-5-16(7-8)12-14-10-4-3-9(17(18)19)6-11(10)15-12/h3-4,6,8H,1-2,5,7,13H2,(H,14,15). The number of piperidine rings is 1. The highest BCUT2D eigenvalue weighted by atomic mass is 16.6. The van der Waals surface area contributed by atoms with E-state index in [-0.39, 0.29) is 11.7 Å². The smallest absolute Gasteiger partial charge is 0.271 e. The zero-order chi connectivity index (χ0) is 13.4. The van der Waals surface area contributed by atoms with Gasteiger partial charge in [0.05, 0.1) is 16.0 Å². The molecule has 1 fully saturated rings. The number of nitro groups is 1. The third-order valence-corrected chi connectivity index (χ3v) is 3.42. The Bertz CT molecular complexity index is 624. The van der Waals surface area contributed by atoms with Crippen molar-refractivity contribution in [1.29, 1.82) is 0 Å². The Kier molecular flexibility index (Phi) is 2.83. The number of nitrogens with one attached hydrogen (secondary N) is 1. The highest BCUT2D eigenvalue weighted by molar-refractivity contribution is 5.80. The highest BCUT2D eigenvalue weighted by Crippen LogP contribution is 2.23. The van der Waals surface area contributed by atoms with E-state index in [1.165, 1.54) is 12.1 Å². The number of nitro benzene ring substituents is 1. The second kappa shape index (κ2) is 4.51. The molecule has 1 aromatic heterocycles. The minimum atomic E-state index is -0.406. The van der Waals surface area contributed by atoms with E-state index in [9.17, 15) is 10.1 Å². The lowest BCUT2D eigenvalue weighted by Gasteiger charge is -2.30. The van der Waals surface area contributed by atoms with Crippen LogP contribution in [-0.4, -0.2) is 34.0 Å². The molecule has 100 valence electrons. The monoisotopic (exact) mass is 261 g/mol. The van der Waals surface area contributed by atoms with Gasteiger partial charge in [-0.15, -0.1) is 0 Å². The summed E-state index contributed by atoms with van der Waals surface area (Å²) in [6, 6.07) is 4.80. The van der Waals surface area contributed by atoms with Gasteiger partial charge in [0, 0.05) is 31.3 Å². The van der Waals surface area contributed by atoms with Crippen LogP contribution in [0.2, 0.25) is 0 Å². The van der Waals surface area contributed by atoms with Gasteiger partial charge in [0.1, 0.15) is 0 Å². The van der Waals surface area contributed by atoms with Crippen LogP contribution in [0.3, 0.4) is 0 Å². The van der Waals surface area contributed by atoms with Gasteiger partial charge in [0.15, 0.2) is 0 Å². The number of hydrogen-bond donors (Lipinski definition) is 2. The molecule has 2 heterocycles. The summed E-state index contributed by atoms with van der Waals surface area (Å²) in [4.78, 5) is 20.0. The van der Waals surface area contributed by atoms with Crippen LogP contribution in [0.4, 0.5) is 11.6 Å². The Morgan fingerprint density at radius 2 is 2.37 bits per heavy atom. The second-order valence-corrected chi connectivity index (χ2v) is 4.87. The summed E-state index contributed by atoms with van der Waals surface area (Å²) >= 11 is 0. The fourth-order valence-corrected chi connectivity index (χ4v) is 2.45. The molecule has 1 atom stereocenters. The molecule has 1 unspecified atom stereocenters. The first-order valence-corrected chi connectivity index (χ1v) is 6.28. The fraction of sp³-hybridized carbons (Fsp3) is 0.417. The number of H-pyrrole nitrogens is 1. The molecule has 1 aliphatic heterocycles. The number of rotatable bonds is 2. The van der Waals surface area contributed by atoms with Crippen LogP contribution in [0.25, 0.3) is 11.0 Å². The lowest BCUT2D eigenvalue weighted by atomic mass is 10.1. The molecule has 3 rings (SSSR count). The molecule has 1 aliphatic rings. The van der Waals surface area contributed by atoms with Crippen molar-refractivity contribution in [3.05, 3.63) is 28.3 Å². The van der Waals surface area contributed by atoms with Gasteiger partial charge in [-0.2, -0.15) is 0 Å². The van der Waals surface area contributed by atoms with E-state index in [1.54, 1.807) is 6.07 Å². The molecule has 0 radical (unpaired) electrons. The fourth-order valence-electron chi connectivity index (χ4n) is 2.45. The van der Waals surface area contributed by atoms with Crippen molar-refractivity contribution in [2.75, 3.05) is 18.0 Å². The number of aromatic nitrogens is 2. The van der Waals surface area contributed by atoms with E-state index in [0.29, 0.717) is 5.52 Å². The van der Waals surface area contributed by atoms with Crippen LogP contribution in [-0.2, 0) is 0 Å². The summed E-state index contributed by atoms with van der Waals surface area (Å²) < 4.78 is 0. The molecule has 1 saturated heterocycles. The predicted molar refractivity (Wildman–Crippen MR) is 72.2 cm³/mol. The van der Waals surface area contributed by atoms with Crippen LogP contribution in [0.5, 0.6) is 0 Å². The van der Waals surface area contributed by atoms with Crippen molar-refractivity contribution in [3.8, 4) is 0 Å². The number of anilines is 1. The molecule has 0 spiro atoms. The number of imidazole rings is 1. The van der Waals surface area contributed by atoms with Crippen molar-refractivity contribution >= 4 is 22.7 Å². The Balaban J connectivity index is 1.94. The molecule has 2 aromatic rings. The quantitative estimate of drug-likeness (QED) is 0.628. The van der Waals surface area contributed by atoms with Gasteiger partial charge in [-0.1, -0.05) is 0 Å². The van der Waals surface area contributed by atoms with E-state index in [1.807, 2.05) is 0 Å². The topological polar surface area (TPSA) is 101 Å². The second-order valence-electron chi connectivity index (χ2n) is 4.87. The molecule has 7 nitrogen and oxygen atoms in total. The number of aromatic amines is 1. The Morgan fingerprint density at radius 1 is 1.53 bits per heavy atom. The molecule has 0 aliphatic carbocycles. The molecule has 7 heteroatoms. The maximum absolute atomic E-state index is 10.7. The number of nitrogens with zero attached hydrogens (tertiary/aromatic N) is 3. The lowest BCUT2D eigenvalue weighted by Crippen LogP contribution is -2.43. The van der Waals surface area contributed by atoms with Crippen LogP contribution < -0.4 is 10.6 Å². The van der Waals surface area contributed by atoms with Gasteiger partial charge in [-0.05, 0) is 18.9 Å². The van der Waals surface area contributed by atoms with E-state index >= 15 is 0 Å². The molecule has 1 aromatic carbocycles. The van der Waals surface area contributed by atoms with Gasteiger partial charge < -0.3 is 15.6 Å². The first-order chi connectivity index (χ1) is 9.13. The molecule has 0 bridgehead atoms. The average molecular weight is 261 g/mol. The van der Waals surface area contributed by atoms with Gasteiger partial charge >= 0.3 is 0 Å². The number of hydrogen-bond acceptors (Lipinski definition) is 5. The Labute approximate surface area is 109 Å². The zero-order valence-corrected chi connectivity index (χ0v) is 10.4. The minimum Gasteiger partial charge on any atom is -0.341 e. The van der Waals surface area contributed by atoms with Gasteiger partial charge in [-0.25, -0.2) is 4.98 Å². The Hall–Kier alpha value is -2.15. The van der Waals surface area contributed by atoms with E-state index in [0.717, 1.165) is 37.4 Å². The summed E-state index contributed by atoms with van der Waals surface area (Å²) in [7, 11) is 0. The number of fused-ring (bicyclic) bond motifs is 1. The molecule has 3 N–H and O–H groups in total. The summed E-state index contributed by atoms with van der Waals surface area (Å²) in [6.07, 6.45) is 2.07. The summed E-state index contributed by atoms with van der Waals surface area (Å²) in [6.45, 7) is 1.68. The van der Waals surface area contributed by atoms with Crippen molar-refractivity contribution in [2.24, 2.45) is 5.73 Å². The summed E-state index contributed by atoms with van der Waals surface area (Å²) in [5.41, 5.74) is 7.44. The maximum atomic E-state index is 10.7. The first-order valence-electron chi connectivity index (χ1n) is 6.28. The van der Waals surface area contributed by atoms with E-state index in [2.05, 4.69) is 14.9 Å². The third-order valence-electron chi connectivity index (χ3n) is 3.42. The molecular weight excluding hydrogens is 246 g/mol. The number of non-ortho nitro benzene ring substituents is 1. The number of benzene rings is 1. The molecule has 19 heavy (non-hydrogen) atoms. The molecule has 0 amide bonds. The largest absolute Gasteiger partial charge is 0.341 e. The normalized spacial score (nSPS) is 19.8. The SMILES string of the molecule is NC1CCCN(c2nc3ccc([N+](=O)[O-])cc3[nH]2)C1. The number of nitrogens with two attached hydrogens (primary N) is 1. The lowest BCUT2D eigenvalue weighted by molar-refractivity contribution is -0.384. The summed E-state index contributed by atoms with van der Waals surface area (Å²) in [5, 5.41) is 10.7. The van der Waals surface area contributed by atoms with Gasteiger partial charge in [0.2, 0.25) is 5.95 Å². The predicted octanol–water partition coefficient (Wildman–Crippen LogP) is 1.40.